The summed E-state index contributed by atoms with van der Waals surface area (Å²) in [4.78, 5) is 0.163. The first kappa shape index (κ1) is 15.1. The monoisotopic (exact) mass is 403 g/mol. The average molecular weight is 403 g/mol. The Hall–Kier alpha value is -1.28. The van der Waals surface area contributed by atoms with E-state index in [0.29, 0.717) is 5.56 Å². The minimum Gasteiger partial charge on any atom is -0.505 e. The lowest BCUT2D eigenvalue weighted by Crippen LogP contribution is -2.13. The first-order valence-corrected chi connectivity index (χ1v) is 8.44. The van der Waals surface area contributed by atoms with Crippen molar-refractivity contribution in [2.45, 2.75) is 18.7 Å². The lowest BCUT2D eigenvalue weighted by molar-refractivity contribution is 0.473. The van der Waals surface area contributed by atoms with E-state index in [-0.39, 0.29) is 16.3 Å². The van der Waals surface area contributed by atoms with Gasteiger partial charge in [0.05, 0.1) is 10.6 Å². The van der Waals surface area contributed by atoms with Crippen LogP contribution in [0.1, 0.15) is 11.1 Å². The Kier molecular flexibility index (Phi) is 4.24. The average Bonchev–Trinajstić information content (AvgIpc) is 2.35. The lowest BCUT2D eigenvalue weighted by Gasteiger charge is -2.12. The Bertz CT molecular complexity index is 740. The number of hydrogen-bond acceptors (Lipinski definition) is 3. The molecule has 106 valence electrons. The summed E-state index contributed by atoms with van der Waals surface area (Å²) in [6, 6.07) is 9.89. The molecule has 2 N–H and O–H groups in total. The van der Waals surface area contributed by atoms with Gasteiger partial charge in [-0.15, -0.1) is 0 Å². The summed E-state index contributed by atoms with van der Waals surface area (Å²) in [5.74, 6) is -0.0512. The second kappa shape index (κ2) is 5.61. The van der Waals surface area contributed by atoms with Crippen LogP contribution in [0.25, 0.3) is 0 Å². The van der Waals surface area contributed by atoms with Crippen molar-refractivity contribution >= 4 is 38.3 Å². The molecule has 0 atom stereocenters. The molecular weight excluding hydrogens is 389 g/mol. The molecule has 2 aromatic rings. The molecule has 0 aromatic heterocycles. The number of anilines is 1. The van der Waals surface area contributed by atoms with Gasteiger partial charge in [0.15, 0.2) is 0 Å². The van der Waals surface area contributed by atoms with Crippen LogP contribution in [-0.4, -0.2) is 13.5 Å². The van der Waals surface area contributed by atoms with Crippen LogP contribution in [0.15, 0.2) is 41.3 Å². The van der Waals surface area contributed by atoms with Gasteiger partial charge in [-0.2, -0.15) is 0 Å². The van der Waals surface area contributed by atoms with E-state index in [0.717, 1.165) is 9.13 Å². The van der Waals surface area contributed by atoms with Crippen LogP contribution in [0.5, 0.6) is 5.75 Å². The van der Waals surface area contributed by atoms with Crippen molar-refractivity contribution in [3.63, 3.8) is 0 Å². The molecule has 0 aliphatic heterocycles. The fraction of sp³-hybridized carbons (Fsp3) is 0.143. The van der Waals surface area contributed by atoms with Crippen molar-refractivity contribution in [3.8, 4) is 5.75 Å². The molecule has 2 rings (SSSR count). The number of phenolic OH excluding ortho intramolecular Hbond substituents is 1. The first-order valence-electron chi connectivity index (χ1n) is 5.88. The summed E-state index contributed by atoms with van der Waals surface area (Å²) in [7, 11) is -3.70. The number of aromatic hydroxyl groups is 1. The van der Waals surface area contributed by atoms with Gasteiger partial charge in [0, 0.05) is 3.57 Å². The van der Waals surface area contributed by atoms with Gasteiger partial charge in [-0.25, -0.2) is 8.42 Å². The standard InChI is InChI=1S/C14H14INO3S/c1-9-7-10(2)14(17)13(8-9)16-20(18,19)12-5-3-11(15)4-6-12/h3-8,16-17H,1-2H3. The van der Waals surface area contributed by atoms with Crippen molar-refractivity contribution in [1.29, 1.82) is 0 Å². The minimum atomic E-state index is -3.70. The molecule has 2 aromatic carbocycles. The third-order valence-corrected chi connectivity index (χ3v) is 4.91. The number of nitrogens with one attached hydrogen (secondary N) is 1. The molecule has 4 nitrogen and oxygen atoms in total. The van der Waals surface area contributed by atoms with Crippen LogP contribution in [0.2, 0.25) is 0 Å². The van der Waals surface area contributed by atoms with Crippen LogP contribution in [0.3, 0.4) is 0 Å². The predicted molar refractivity (Wildman–Crippen MR) is 87.5 cm³/mol. The van der Waals surface area contributed by atoms with E-state index < -0.39 is 10.0 Å². The number of rotatable bonds is 3. The Labute approximate surface area is 132 Å². The largest absolute Gasteiger partial charge is 0.505 e. The normalized spacial score (nSPS) is 11.3. The van der Waals surface area contributed by atoms with E-state index in [2.05, 4.69) is 27.3 Å². The molecule has 0 saturated heterocycles. The molecule has 0 aliphatic carbocycles. The number of benzene rings is 2. The lowest BCUT2D eigenvalue weighted by atomic mass is 10.1. The predicted octanol–water partition coefficient (Wildman–Crippen LogP) is 3.41. The van der Waals surface area contributed by atoms with Gasteiger partial charge in [-0.05, 0) is 77.9 Å². The van der Waals surface area contributed by atoms with Gasteiger partial charge >= 0.3 is 0 Å². The smallest absolute Gasteiger partial charge is 0.262 e. The maximum Gasteiger partial charge on any atom is 0.262 e. The molecule has 0 saturated carbocycles. The molecule has 0 heterocycles. The number of sulfonamides is 1. The van der Waals surface area contributed by atoms with Gasteiger partial charge in [0.1, 0.15) is 5.75 Å². The van der Waals surface area contributed by atoms with Crippen LogP contribution < -0.4 is 4.72 Å². The maximum absolute atomic E-state index is 12.3. The molecule has 0 unspecified atom stereocenters. The zero-order valence-electron chi connectivity index (χ0n) is 11.0. The fourth-order valence-corrected chi connectivity index (χ4v) is 3.27. The SMILES string of the molecule is Cc1cc(C)c(O)c(NS(=O)(=O)c2ccc(I)cc2)c1. The van der Waals surface area contributed by atoms with Crippen molar-refractivity contribution in [2.24, 2.45) is 0 Å². The minimum absolute atomic E-state index is 0.0512. The van der Waals surface area contributed by atoms with Gasteiger partial charge in [-0.1, -0.05) is 6.07 Å². The molecule has 0 spiro atoms. The van der Waals surface area contributed by atoms with E-state index in [1.165, 1.54) is 12.1 Å². The maximum atomic E-state index is 12.3. The summed E-state index contributed by atoms with van der Waals surface area (Å²) < 4.78 is 27.9. The summed E-state index contributed by atoms with van der Waals surface area (Å²) in [6.45, 7) is 3.57. The van der Waals surface area contributed by atoms with Gasteiger partial charge in [0.25, 0.3) is 10.0 Å². The third-order valence-electron chi connectivity index (χ3n) is 2.81. The first-order chi connectivity index (χ1) is 9.29. The Morgan fingerprint density at radius 2 is 1.70 bits per heavy atom. The Morgan fingerprint density at radius 3 is 2.30 bits per heavy atom. The van der Waals surface area contributed by atoms with E-state index in [1.807, 2.05) is 6.92 Å². The van der Waals surface area contributed by atoms with Crippen molar-refractivity contribution in [1.82, 2.24) is 0 Å². The number of aryl methyl sites for hydroxylation is 2. The molecule has 0 aliphatic rings. The van der Waals surface area contributed by atoms with Crippen LogP contribution in [0, 0.1) is 17.4 Å². The summed E-state index contributed by atoms with van der Waals surface area (Å²) in [6.07, 6.45) is 0. The summed E-state index contributed by atoms with van der Waals surface area (Å²) >= 11 is 2.11. The molecule has 0 amide bonds. The van der Waals surface area contributed by atoms with E-state index in [9.17, 15) is 13.5 Å². The van der Waals surface area contributed by atoms with Crippen molar-refractivity contribution < 1.29 is 13.5 Å². The molecular formula is C14H14INO3S. The quantitative estimate of drug-likeness (QED) is 0.610. The number of phenols is 1. The third kappa shape index (κ3) is 3.24. The summed E-state index contributed by atoms with van der Waals surface area (Å²) in [5, 5.41) is 9.95. The van der Waals surface area contributed by atoms with E-state index >= 15 is 0 Å². The Balaban J connectivity index is 2.41. The van der Waals surface area contributed by atoms with Crippen LogP contribution in [0.4, 0.5) is 5.69 Å². The number of hydrogen-bond donors (Lipinski definition) is 2. The zero-order valence-corrected chi connectivity index (χ0v) is 14.0. The second-order valence-corrected chi connectivity index (χ2v) is 7.47. The zero-order chi connectivity index (χ0) is 14.9. The Morgan fingerprint density at radius 1 is 1.10 bits per heavy atom. The van der Waals surface area contributed by atoms with Gasteiger partial charge < -0.3 is 5.11 Å². The highest BCUT2D eigenvalue weighted by molar-refractivity contribution is 14.1. The number of halogens is 1. The van der Waals surface area contributed by atoms with Crippen molar-refractivity contribution in [3.05, 3.63) is 51.1 Å². The fourth-order valence-electron chi connectivity index (χ4n) is 1.86. The van der Waals surface area contributed by atoms with E-state index in [4.69, 9.17) is 0 Å². The molecule has 20 heavy (non-hydrogen) atoms. The van der Waals surface area contributed by atoms with Gasteiger partial charge in [0.2, 0.25) is 0 Å². The molecule has 0 bridgehead atoms. The second-order valence-electron chi connectivity index (χ2n) is 4.54. The highest BCUT2D eigenvalue weighted by Gasteiger charge is 2.17. The molecule has 6 heteroatoms. The van der Waals surface area contributed by atoms with E-state index in [1.54, 1.807) is 31.2 Å². The van der Waals surface area contributed by atoms with Crippen LogP contribution >= 0.6 is 22.6 Å². The summed E-state index contributed by atoms with van der Waals surface area (Å²) in [5.41, 5.74) is 1.70. The molecule has 0 radical (unpaired) electrons. The van der Waals surface area contributed by atoms with Crippen molar-refractivity contribution in [2.75, 3.05) is 4.72 Å². The highest BCUT2D eigenvalue weighted by atomic mass is 127. The molecule has 0 fully saturated rings. The van der Waals surface area contributed by atoms with Crippen LogP contribution in [-0.2, 0) is 10.0 Å². The van der Waals surface area contributed by atoms with Gasteiger partial charge in [-0.3, -0.25) is 4.72 Å². The highest BCUT2D eigenvalue weighted by Crippen LogP contribution is 2.30. The topological polar surface area (TPSA) is 66.4 Å².